The number of anilines is 1. The fraction of sp³-hybridized carbons (Fsp3) is 0.222. The average Bonchev–Trinajstić information content (AvgIpc) is 3.11. The molecule has 0 aliphatic carbocycles. The number of carbonyl (C=O) groups is 1. The van der Waals surface area contributed by atoms with Crippen molar-refractivity contribution in [3.8, 4) is 11.4 Å². The molecule has 150 valence electrons. The van der Waals surface area contributed by atoms with Gasteiger partial charge in [0.25, 0.3) is 5.69 Å². The molecule has 29 heavy (non-hydrogen) atoms. The molecule has 0 saturated carbocycles. The zero-order valence-corrected chi connectivity index (χ0v) is 17.0. The van der Waals surface area contributed by atoms with E-state index in [1.54, 1.807) is 12.4 Å². The Labute approximate surface area is 175 Å². The summed E-state index contributed by atoms with van der Waals surface area (Å²) in [5, 5.41) is 22.7. The predicted octanol–water partition coefficient (Wildman–Crippen LogP) is 4.04. The van der Waals surface area contributed by atoms with Crippen LogP contribution in [-0.4, -0.2) is 36.3 Å². The van der Waals surface area contributed by atoms with E-state index in [4.69, 9.17) is 11.6 Å². The van der Waals surface area contributed by atoms with Crippen LogP contribution in [0.15, 0.2) is 47.9 Å². The van der Waals surface area contributed by atoms with Gasteiger partial charge in [-0.2, -0.15) is 0 Å². The Bertz CT molecular complexity index is 1030. The van der Waals surface area contributed by atoms with E-state index in [0.717, 1.165) is 12.0 Å². The fourth-order valence-corrected chi connectivity index (χ4v) is 3.54. The molecule has 3 rings (SSSR count). The number of halogens is 1. The Balaban J connectivity index is 1.70. The summed E-state index contributed by atoms with van der Waals surface area (Å²) in [6, 6.07) is 7.82. The summed E-state index contributed by atoms with van der Waals surface area (Å²) in [6.45, 7) is 2.75. The van der Waals surface area contributed by atoms with Crippen molar-refractivity contribution in [3.05, 3.63) is 57.9 Å². The van der Waals surface area contributed by atoms with Crippen LogP contribution in [0.4, 0.5) is 11.4 Å². The molecule has 3 aromatic rings. The highest BCUT2D eigenvalue weighted by Gasteiger charge is 2.17. The van der Waals surface area contributed by atoms with Crippen molar-refractivity contribution < 1.29 is 9.72 Å². The number of pyridine rings is 1. The number of nitro benzene ring substituents is 1. The number of nitrogens with one attached hydrogen (secondary N) is 1. The van der Waals surface area contributed by atoms with Crippen molar-refractivity contribution in [2.45, 2.75) is 25.0 Å². The van der Waals surface area contributed by atoms with Gasteiger partial charge in [0.05, 0.1) is 10.7 Å². The van der Waals surface area contributed by atoms with E-state index >= 15 is 0 Å². The van der Waals surface area contributed by atoms with Gasteiger partial charge in [0.15, 0.2) is 11.0 Å². The molecule has 1 aromatic carbocycles. The van der Waals surface area contributed by atoms with E-state index in [2.05, 4.69) is 20.5 Å². The van der Waals surface area contributed by atoms with E-state index in [1.165, 1.54) is 30.0 Å². The van der Waals surface area contributed by atoms with E-state index in [0.29, 0.717) is 23.2 Å². The van der Waals surface area contributed by atoms with Gasteiger partial charge in [0.2, 0.25) is 5.91 Å². The molecular formula is C18H17ClN6O3S. The first-order valence-electron chi connectivity index (χ1n) is 8.69. The second-order valence-electron chi connectivity index (χ2n) is 5.95. The number of nitro groups is 1. The summed E-state index contributed by atoms with van der Waals surface area (Å²) in [5.74, 6) is 0.475. The van der Waals surface area contributed by atoms with Crippen LogP contribution in [0, 0.1) is 10.1 Å². The quantitative estimate of drug-likeness (QED) is 0.324. The van der Waals surface area contributed by atoms with Crippen LogP contribution >= 0.6 is 23.4 Å². The molecule has 0 atom stereocenters. The second kappa shape index (κ2) is 9.48. The average molecular weight is 433 g/mol. The van der Waals surface area contributed by atoms with E-state index in [9.17, 15) is 14.9 Å². The molecule has 0 unspecified atom stereocenters. The molecule has 2 aromatic heterocycles. The lowest BCUT2D eigenvalue weighted by Gasteiger charge is -2.09. The molecule has 0 spiro atoms. The lowest BCUT2D eigenvalue weighted by atomic mass is 10.2. The predicted molar refractivity (Wildman–Crippen MR) is 111 cm³/mol. The van der Waals surface area contributed by atoms with Gasteiger partial charge in [0, 0.05) is 36.3 Å². The zero-order chi connectivity index (χ0) is 20.8. The van der Waals surface area contributed by atoms with Crippen LogP contribution in [0.2, 0.25) is 5.02 Å². The lowest BCUT2D eigenvalue weighted by molar-refractivity contribution is -0.384. The molecule has 1 amide bonds. The summed E-state index contributed by atoms with van der Waals surface area (Å²) in [6.07, 6.45) is 4.25. The minimum absolute atomic E-state index is 0.0127. The molecule has 0 bridgehead atoms. The number of amides is 1. The Morgan fingerprint density at radius 2 is 2.03 bits per heavy atom. The van der Waals surface area contributed by atoms with Gasteiger partial charge in [-0.05, 0) is 30.7 Å². The molecular weight excluding hydrogens is 416 g/mol. The van der Waals surface area contributed by atoms with Crippen LogP contribution in [-0.2, 0) is 11.3 Å². The fourth-order valence-electron chi connectivity index (χ4n) is 2.59. The summed E-state index contributed by atoms with van der Waals surface area (Å²) in [4.78, 5) is 26.7. The summed E-state index contributed by atoms with van der Waals surface area (Å²) in [7, 11) is 0. The third kappa shape index (κ3) is 5.09. The Kier molecular flexibility index (Phi) is 6.78. The summed E-state index contributed by atoms with van der Waals surface area (Å²) in [5.41, 5.74) is 0.937. The van der Waals surface area contributed by atoms with E-state index in [1.807, 2.05) is 23.6 Å². The number of hydrogen-bond acceptors (Lipinski definition) is 7. The largest absolute Gasteiger partial charge is 0.325 e. The number of thioether (sulfide) groups is 1. The van der Waals surface area contributed by atoms with Gasteiger partial charge in [-0.15, -0.1) is 10.2 Å². The number of benzene rings is 1. The standard InChI is InChI=1S/C18H17ClN6O3S/c1-2-9-24-17(12-5-7-20-8-6-12)22-23-18(24)29-11-16(26)21-13-3-4-14(19)15(10-13)25(27)28/h3-8,10H,2,9,11H2,1H3,(H,21,26). The molecule has 1 N–H and O–H groups in total. The molecule has 0 aliphatic rings. The van der Waals surface area contributed by atoms with Crippen LogP contribution in [0.1, 0.15) is 13.3 Å². The minimum Gasteiger partial charge on any atom is -0.325 e. The third-order valence-electron chi connectivity index (χ3n) is 3.86. The van der Waals surface area contributed by atoms with E-state index < -0.39 is 4.92 Å². The van der Waals surface area contributed by atoms with Crippen molar-refractivity contribution in [3.63, 3.8) is 0 Å². The first-order chi connectivity index (χ1) is 14.0. The van der Waals surface area contributed by atoms with E-state index in [-0.39, 0.29) is 22.4 Å². The van der Waals surface area contributed by atoms with Crippen LogP contribution in [0.25, 0.3) is 11.4 Å². The van der Waals surface area contributed by atoms with Gasteiger partial charge in [0.1, 0.15) is 5.02 Å². The summed E-state index contributed by atoms with van der Waals surface area (Å²) < 4.78 is 1.96. The smallest absolute Gasteiger partial charge is 0.289 e. The molecule has 0 saturated heterocycles. The second-order valence-corrected chi connectivity index (χ2v) is 7.30. The minimum atomic E-state index is -0.597. The zero-order valence-electron chi connectivity index (χ0n) is 15.4. The molecule has 11 heteroatoms. The first kappa shape index (κ1) is 20.7. The molecule has 9 nitrogen and oxygen atoms in total. The van der Waals surface area contributed by atoms with Gasteiger partial charge in [-0.25, -0.2) is 0 Å². The number of nitrogens with zero attached hydrogens (tertiary/aromatic N) is 5. The van der Waals surface area contributed by atoms with Crippen LogP contribution in [0.3, 0.4) is 0 Å². The van der Waals surface area contributed by atoms with Crippen molar-refractivity contribution in [2.75, 3.05) is 11.1 Å². The monoisotopic (exact) mass is 432 g/mol. The molecule has 2 heterocycles. The SMILES string of the molecule is CCCn1c(SCC(=O)Nc2ccc(Cl)c([N+](=O)[O-])c2)nnc1-c1ccncc1. The number of aromatic nitrogens is 4. The third-order valence-corrected chi connectivity index (χ3v) is 5.15. The number of hydrogen-bond donors (Lipinski definition) is 1. The van der Waals surface area contributed by atoms with Crippen LogP contribution < -0.4 is 5.32 Å². The maximum absolute atomic E-state index is 12.3. The van der Waals surface area contributed by atoms with Gasteiger partial charge in [-0.3, -0.25) is 19.9 Å². The Morgan fingerprint density at radius 1 is 1.28 bits per heavy atom. The Hall–Kier alpha value is -2.98. The Morgan fingerprint density at radius 3 is 2.72 bits per heavy atom. The van der Waals surface area contributed by atoms with Crippen LogP contribution in [0.5, 0.6) is 0 Å². The molecule has 0 fully saturated rings. The first-order valence-corrected chi connectivity index (χ1v) is 10.1. The normalized spacial score (nSPS) is 10.7. The number of rotatable bonds is 8. The molecule has 0 aliphatic heterocycles. The highest BCUT2D eigenvalue weighted by atomic mass is 35.5. The topological polar surface area (TPSA) is 116 Å². The maximum atomic E-state index is 12.3. The van der Waals surface area contributed by atoms with Crippen molar-refractivity contribution in [1.82, 2.24) is 19.7 Å². The lowest BCUT2D eigenvalue weighted by Crippen LogP contribution is -2.15. The highest BCUT2D eigenvalue weighted by Crippen LogP contribution is 2.28. The summed E-state index contributed by atoms with van der Waals surface area (Å²) >= 11 is 7.03. The van der Waals surface area contributed by atoms with Crippen molar-refractivity contribution in [1.29, 1.82) is 0 Å². The van der Waals surface area contributed by atoms with Crippen molar-refractivity contribution >= 4 is 40.6 Å². The van der Waals surface area contributed by atoms with Gasteiger partial charge >= 0.3 is 0 Å². The number of carbonyl (C=O) groups excluding carboxylic acids is 1. The van der Waals surface area contributed by atoms with Gasteiger partial charge in [-0.1, -0.05) is 30.3 Å². The highest BCUT2D eigenvalue weighted by molar-refractivity contribution is 7.99. The molecule has 0 radical (unpaired) electrons. The maximum Gasteiger partial charge on any atom is 0.289 e. The van der Waals surface area contributed by atoms with Crippen molar-refractivity contribution in [2.24, 2.45) is 0 Å². The van der Waals surface area contributed by atoms with Gasteiger partial charge < -0.3 is 9.88 Å².